The fraction of sp³-hybridized carbons (Fsp3) is 0.385. The summed E-state index contributed by atoms with van der Waals surface area (Å²) in [6, 6.07) is 9.34. The number of nitrogens with zero attached hydrogens (tertiary/aromatic N) is 1. The van der Waals surface area contributed by atoms with Crippen LogP contribution < -0.4 is 4.90 Å². The number of carboxylic acids is 1. The molecule has 4 nitrogen and oxygen atoms in total. The van der Waals surface area contributed by atoms with Crippen molar-refractivity contribution >= 4 is 29.3 Å². The van der Waals surface area contributed by atoms with Gasteiger partial charge in [0, 0.05) is 18.7 Å². The second-order valence-electron chi connectivity index (χ2n) is 3.81. The minimum Gasteiger partial charge on any atom is -0.481 e. The third kappa shape index (κ3) is 4.79. The minimum absolute atomic E-state index is 0.0130. The zero-order valence-electron chi connectivity index (χ0n) is 10.3. The van der Waals surface area contributed by atoms with Gasteiger partial charge in [-0.15, -0.1) is 0 Å². The Balaban J connectivity index is 2.69. The zero-order valence-corrected chi connectivity index (χ0v) is 11.2. The Morgan fingerprint density at radius 2 is 1.94 bits per heavy atom. The molecule has 1 aromatic carbocycles. The Morgan fingerprint density at radius 1 is 1.28 bits per heavy atom. The van der Waals surface area contributed by atoms with Crippen LogP contribution in [0.25, 0.3) is 0 Å². The van der Waals surface area contributed by atoms with Crippen LogP contribution in [-0.2, 0) is 9.59 Å². The van der Waals surface area contributed by atoms with E-state index < -0.39 is 5.97 Å². The van der Waals surface area contributed by atoms with Gasteiger partial charge in [-0.1, -0.05) is 18.2 Å². The second-order valence-corrected chi connectivity index (χ2v) is 4.68. The van der Waals surface area contributed by atoms with Crippen LogP contribution in [0.2, 0.25) is 0 Å². The van der Waals surface area contributed by atoms with Crippen LogP contribution in [0, 0.1) is 0 Å². The highest BCUT2D eigenvalue weighted by molar-refractivity contribution is 7.99. The Hall–Kier alpha value is -1.49. The largest absolute Gasteiger partial charge is 0.481 e. The maximum absolute atomic E-state index is 12.0. The normalized spacial score (nSPS) is 10.1. The number of aliphatic carboxylic acids is 1. The molecule has 1 amide bonds. The van der Waals surface area contributed by atoms with Gasteiger partial charge in [0.2, 0.25) is 5.91 Å². The number of amides is 1. The first kappa shape index (κ1) is 14.6. The highest BCUT2D eigenvalue weighted by Gasteiger charge is 2.14. The lowest BCUT2D eigenvalue weighted by Gasteiger charge is -2.22. The fourth-order valence-corrected chi connectivity index (χ4v) is 2.00. The van der Waals surface area contributed by atoms with E-state index >= 15 is 0 Å². The summed E-state index contributed by atoms with van der Waals surface area (Å²) in [5, 5.41) is 8.63. The van der Waals surface area contributed by atoms with Crippen molar-refractivity contribution in [1.82, 2.24) is 0 Å². The van der Waals surface area contributed by atoms with Crippen molar-refractivity contribution in [3.05, 3.63) is 30.3 Å². The monoisotopic (exact) mass is 267 g/mol. The fourth-order valence-electron chi connectivity index (χ4n) is 1.60. The first-order valence-electron chi connectivity index (χ1n) is 5.71. The van der Waals surface area contributed by atoms with Crippen LogP contribution in [-0.4, -0.2) is 35.5 Å². The molecule has 0 spiro atoms. The van der Waals surface area contributed by atoms with Gasteiger partial charge in [0.25, 0.3) is 0 Å². The molecule has 0 aliphatic heterocycles. The van der Waals surface area contributed by atoms with Gasteiger partial charge >= 0.3 is 5.97 Å². The molecule has 0 aliphatic carbocycles. The zero-order chi connectivity index (χ0) is 13.4. The number of benzene rings is 1. The number of hydrogen-bond acceptors (Lipinski definition) is 3. The number of carbonyl (C=O) groups excluding carboxylic acids is 1. The predicted octanol–water partition coefficient (Wildman–Crippen LogP) is 2.25. The molecule has 0 aromatic heterocycles. The van der Waals surface area contributed by atoms with E-state index in [4.69, 9.17) is 5.11 Å². The smallest absolute Gasteiger partial charge is 0.303 e. The average Bonchev–Trinajstić information content (AvgIpc) is 2.35. The summed E-state index contributed by atoms with van der Waals surface area (Å²) in [5.41, 5.74) is 0.821. The van der Waals surface area contributed by atoms with Gasteiger partial charge in [0.05, 0.1) is 5.75 Å². The summed E-state index contributed by atoms with van der Waals surface area (Å²) >= 11 is 1.46. The molecule has 0 heterocycles. The van der Waals surface area contributed by atoms with Crippen molar-refractivity contribution in [1.29, 1.82) is 0 Å². The van der Waals surface area contributed by atoms with E-state index in [-0.39, 0.29) is 12.3 Å². The van der Waals surface area contributed by atoms with Crippen LogP contribution >= 0.6 is 11.8 Å². The van der Waals surface area contributed by atoms with E-state index in [0.717, 1.165) is 5.69 Å². The molecule has 0 bridgehead atoms. The maximum atomic E-state index is 12.0. The number of thioether (sulfide) groups is 1. The topological polar surface area (TPSA) is 57.6 Å². The molecule has 18 heavy (non-hydrogen) atoms. The lowest BCUT2D eigenvalue weighted by Crippen LogP contribution is -2.33. The molecular formula is C13H17NO3S. The molecule has 0 aliphatic rings. The molecule has 0 unspecified atom stereocenters. The quantitative estimate of drug-likeness (QED) is 0.823. The van der Waals surface area contributed by atoms with Gasteiger partial charge in [-0.3, -0.25) is 9.59 Å². The number of para-hydroxylation sites is 1. The van der Waals surface area contributed by atoms with Gasteiger partial charge in [-0.2, -0.15) is 11.8 Å². The lowest BCUT2D eigenvalue weighted by atomic mass is 10.2. The number of carboxylic acid groups (broad SMARTS) is 1. The summed E-state index contributed by atoms with van der Waals surface area (Å²) in [6.45, 7) is 0.440. The van der Waals surface area contributed by atoms with Crippen LogP contribution in [0.3, 0.4) is 0 Å². The van der Waals surface area contributed by atoms with Gasteiger partial charge in [-0.05, 0) is 24.8 Å². The van der Waals surface area contributed by atoms with E-state index in [1.165, 1.54) is 11.8 Å². The first-order chi connectivity index (χ1) is 8.65. The Morgan fingerprint density at radius 3 is 2.50 bits per heavy atom. The Bertz CT molecular complexity index is 394. The highest BCUT2D eigenvalue weighted by Crippen LogP contribution is 2.15. The number of carbonyl (C=O) groups is 2. The van der Waals surface area contributed by atoms with E-state index in [0.29, 0.717) is 18.7 Å². The molecule has 0 radical (unpaired) electrons. The molecule has 98 valence electrons. The minimum atomic E-state index is -0.833. The third-order valence-electron chi connectivity index (χ3n) is 2.41. The SMILES string of the molecule is CSCC(=O)N(CCCC(=O)O)c1ccccc1. The van der Waals surface area contributed by atoms with E-state index in [1.54, 1.807) is 4.90 Å². The summed E-state index contributed by atoms with van der Waals surface area (Å²) < 4.78 is 0. The molecule has 1 N–H and O–H groups in total. The summed E-state index contributed by atoms with van der Waals surface area (Å²) in [4.78, 5) is 24.1. The molecule has 5 heteroatoms. The van der Waals surface area contributed by atoms with Gasteiger partial charge in [0.15, 0.2) is 0 Å². The number of rotatable bonds is 7. The third-order valence-corrected chi connectivity index (χ3v) is 2.94. The molecule has 0 fully saturated rings. The van der Waals surface area contributed by atoms with Crippen molar-refractivity contribution in [3.8, 4) is 0 Å². The number of anilines is 1. The number of hydrogen-bond donors (Lipinski definition) is 1. The van der Waals surface area contributed by atoms with Crippen LogP contribution in [0.15, 0.2) is 30.3 Å². The standard InChI is InChI=1S/C13H17NO3S/c1-18-10-12(15)14(9-5-8-13(16)17)11-6-3-2-4-7-11/h2-4,6-7H,5,8-10H2,1H3,(H,16,17). The molecule has 1 aromatic rings. The van der Waals surface area contributed by atoms with E-state index in [2.05, 4.69) is 0 Å². The molecular weight excluding hydrogens is 250 g/mol. The highest BCUT2D eigenvalue weighted by atomic mass is 32.2. The Kier molecular flexibility index (Phi) is 6.28. The van der Waals surface area contributed by atoms with E-state index in [1.807, 2.05) is 36.6 Å². The van der Waals surface area contributed by atoms with Crippen molar-refractivity contribution < 1.29 is 14.7 Å². The van der Waals surface area contributed by atoms with E-state index in [9.17, 15) is 9.59 Å². The summed E-state index contributed by atoms with van der Waals surface area (Å²) in [7, 11) is 0. The van der Waals surface area contributed by atoms with Crippen LogP contribution in [0.1, 0.15) is 12.8 Å². The molecule has 0 atom stereocenters. The van der Waals surface area contributed by atoms with Gasteiger partial charge in [0.1, 0.15) is 0 Å². The predicted molar refractivity (Wildman–Crippen MR) is 74.0 cm³/mol. The Labute approximate surface area is 111 Å². The second kappa shape index (κ2) is 7.76. The van der Waals surface area contributed by atoms with Crippen molar-refractivity contribution in [2.75, 3.05) is 23.5 Å². The average molecular weight is 267 g/mol. The molecule has 1 rings (SSSR count). The molecule has 0 saturated heterocycles. The first-order valence-corrected chi connectivity index (χ1v) is 7.10. The van der Waals surface area contributed by atoms with Crippen LogP contribution in [0.5, 0.6) is 0 Å². The van der Waals surface area contributed by atoms with Crippen molar-refractivity contribution in [2.24, 2.45) is 0 Å². The van der Waals surface area contributed by atoms with Crippen molar-refractivity contribution in [2.45, 2.75) is 12.8 Å². The van der Waals surface area contributed by atoms with Crippen molar-refractivity contribution in [3.63, 3.8) is 0 Å². The molecule has 0 saturated carbocycles. The van der Waals surface area contributed by atoms with Gasteiger partial charge < -0.3 is 10.0 Å². The summed E-state index contributed by atoms with van der Waals surface area (Å²) in [6.07, 6.45) is 2.42. The van der Waals surface area contributed by atoms with Crippen LogP contribution in [0.4, 0.5) is 5.69 Å². The maximum Gasteiger partial charge on any atom is 0.303 e. The lowest BCUT2D eigenvalue weighted by molar-refractivity contribution is -0.137. The summed E-state index contributed by atoms with van der Waals surface area (Å²) in [5.74, 6) is -0.415. The van der Waals surface area contributed by atoms with Gasteiger partial charge in [-0.25, -0.2) is 0 Å².